The summed E-state index contributed by atoms with van der Waals surface area (Å²) in [6.45, 7) is 0.244. The van der Waals surface area contributed by atoms with Crippen LogP contribution in [0, 0.1) is 0 Å². The van der Waals surface area contributed by atoms with E-state index in [1.165, 1.54) is 30.5 Å². The average molecular weight is 273 g/mol. The topological polar surface area (TPSA) is 96.7 Å². The van der Waals surface area contributed by atoms with Crippen LogP contribution in [0.15, 0.2) is 42.6 Å². The van der Waals surface area contributed by atoms with Gasteiger partial charge in [0.1, 0.15) is 18.1 Å². The number of hydrogen-bond donors (Lipinski definition) is 2. The zero-order valence-electron chi connectivity index (χ0n) is 10.3. The lowest BCUT2D eigenvalue weighted by Gasteiger charge is -2.06. The lowest BCUT2D eigenvalue weighted by molar-refractivity contribution is 0.0682. The van der Waals surface area contributed by atoms with Gasteiger partial charge in [-0.15, -0.1) is 0 Å². The highest BCUT2D eigenvalue weighted by atomic mass is 16.5. The van der Waals surface area contributed by atoms with Crippen molar-refractivity contribution in [2.75, 3.05) is 0 Å². The van der Waals surface area contributed by atoms with E-state index in [1.807, 2.05) is 0 Å². The van der Waals surface area contributed by atoms with Crippen molar-refractivity contribution >= 4 is 11.9 Å². The second-order valence-electron chi connectivity index (χ2n) is 3.98. The molecule has 0 aliphatic carbocycles. The van der Waals surface area contributed by atoms with Gasteiger partial charge in [0.25, 0.3) is 0 Å². The van der Waals surface area contributed by atoms with Gasteiger partial charge in [-0.25, -0.2) is 14.6 Å². The van der Waals surface area contributed by atoms with Crippen LogP contribution in [0.4, 0.5) is 0 Å². The lowest BCUT2D eigenvalue weighted by Crippen LogP contribution is -2.01. The maximum Gasteiger partial charge on any atom is 0.354 e. The van der Waals surface area contributed by atoms with E-state index >= 15 is 0 Å². The number of hydrogen-bond acceptors (Lipinski definition) is 4. The van der Waals surface area contributed by atoms with E-state index in [0.29, 0.717) is 5.75 Å². The molecule has 20 heavy (non-hydrogen) atoms. The van der Waals surface area contributed by atoms with Crippen molar-refractivity contribution in [3.05, 3.63) is 59.4 Å². The highest BCUT2D eigenvalue weighted by Crippen LogP contribution is 2.12. The molecule has 0 fully saturated rings. The number of rotatable bonds is 5. The van der Waals surface area contributed by atoms with Gasteiger partial charge in [0.05, 0.1) is 11.8 Å². The summed E-state index contributed by atoms with van der Waals surface area (Å²) < 4.78 is 5.42. The van der Waals surface area contributed by atoms with Crippen LogP contribution in [-0.4, -0.2) is 27.1 Å². The quantitative estimate of drug-likeness (QED) is 0.865. The molecular weight excluding hydrogens is 262 g/mol. The molecule has 0 bridgehead atoms. The van der Waals surface area contributed by atoms with Crippen molar-refractivity contribution < 1.29 is 24.5 Å². The molecule has 1 heterocycles. The number of carboxylic acids is 2. The minimum atomic E-state index is -1.10. The molecule has 1 aromatic heterocycles. The Morgan fingerprint density at radius 2 is 1.70 bits per heavy atom. The van der Waals surface area contributed by atoms with Gasteiger partial charge >= 0.3 is 11.9 Å². The minimum absolute atomic E-state index is 0.0526. The van der Waals surface area contributed by atoms with Gasteiger partial charge in [-0.2, -0.15) is 0 Å². The molecule has 2 aromatic rings. The largest absolute Gasteiger partial charge is 0.487 e. The Bertz CT molecular complexity index is 562. The minimum Gasteiger partial charge on any atom is -0.487 e. The number of aromatic nitrogens is 1. The van der Waals surface area contributed by atoms with E-state index in [9.17, 15) is 9.59 Å². The smallest absolute Gasteiger partial charge is 0.354 e. The van der Waals surface area contributed by atoms with Crippen LogP contribution in [0.2, 0.25) is 0 Å². The molecule has 102 valence electrons. The van der Waals surface area contributed by atoms with Crippen LogP contribution in [0.3, 0.4) is 0 Å². The molecule has 0 atom stereocenters. The summed E-state index contributed by atoms with van der Waals surface area (Å²) in [5.74, 6) is -1.64. The van der Waals surface area contributed by atoms with Crippen LogP contribution in [-0.2, 0) is 6.61 Å². The van der Waals surface area contributed by atoms with Crippen LogP contribution >= 0.6 is 0 Å². The maximum absolute atomic E-state index is 10.7. The molecule has 1 aromatic carbocycles. The number of benzene rings is 1. The van der Waals surface area contributed by atoms with Gasteiger partial charge in [0, 0.05) is 0 Å². The van der Waals surface area contributed by atoms with Gasteiger partial charge in [-0.05, 0) is 29.8 Å². The van der Waals surface area contributed by atoms with Crippen molar-refractivity contribution in [1.29, 1.82) is 0 Å². The van der Waals surface area contributed by atoms with Gasteiger partial charge in [0.2, 0.25) is 0 Å². The number of carboxylic acid groups (broad SMARTS) is 2. The summed E-state index contributed by atoms with van der Waals surface area (Å²) in [4.78, 5) is 25.0. The van der Waals surface area contributed by atoms with Crippen molar-refractivity contribution in [2.45, 2.75) is 6.61 Å². The van der Waals surface area contributed by atoms with Gasteiger partial charge in [-0.1, -0.05) is 12.1 Å². The number of ether oxygens (including phenoxy) is 1. The molecule has 0 saturated heterocycles. The lowest BCUT2D eigenvalue weighted by atomic mass is 10.1. The summed E-state index contributed by atoms with van der Waals surface area (Å²) >= 11 is 0. The van der Waals surface area contributed by atoms with Crippen molar-refractivity contribution in [2.24, 2.45) is 0 Å². The molecule has 0 aliphatic heterocycles. The predicted molar refractivity (Wildman–Crippen MR) is 68.9 cm³/mol. The second-order valence-corrected chi connectivity index (χ2v) is 3.98. The van der Waals surface area contributed by atoms with Crippen LogP contribution < -0.4 is 4.74 Å². The van der Waals surface area contributed by atoms with Gasteiger partial charge in [-0.3, -0.25) is 0 Å². The molecule has 0 radical (unpaired) electrons. The second kappa shape index (κ2) is 5.83. The van der Waals surface area contributed by atoms with Crippen molar-refractivity contribution in [3.8, 4) is 5.75 Å². The third-order valence-electron chi connectivity index (χ3n) is 2.56. The standard InChI is InChI=1S/C14H11NO5/c16-13(17)10-3-1-9(2-4-10)8-20-11-5-6-12(14(18)19)15-7-11/h1-7H,8H2,(H,16,17)(H,18,19). The van der Waals surface area contributed by atoms with Crippen LogP contribution in [0.1, 0.15) is 26.4 Å². The van der Waals surface area contributed by atoms with Gasteiger partial charge < -0.3 is 14.9 Å². The monoisotopic (exact) mass is 273 g/mol. The Hall–Kier alpha value is -2.89. The first-order valence-corrected chi connectivity index (χ1v) is 5.70. The molecule has 2 N–H and O–H groups in total. The highest BCUT2D eigenvalue weighted by molar-refractivity contribution is 5.87. The molecule has 0 spiro atoms. The van der Waals surface area contributed by atoms with Crippen molar-refractivity contribution in [3.63, 3.8) is 0 Å². The Kier molecular flexibility index (Phi) is 3.95. The van der Waals surface area contributed by atoms with Crippen LogP contribution in [0.25, 0.3) is 0 Å². The summed E-state index contributed by atoms with van der Waals surface area (Å²) in [6.07, 6.45) is 1.33. The third-order valence-corrected chi connectivity index (χ3v) is 2.56. The first-order valence-electron chi connectivity index (χ1n) is 5.70. The number of pyridine rings is 1. The molecular formula is C14H11NO5. The Labute approximate surface area is 114 Å². The summed E-state index contributed by atoms with van der Waals surface area (Å²) in [7, 11) is 0. The fourth-order valence-electron chi connectivity index (χ4n) is 1.50. The van der Waals surface area contributed by atoms with E-state index in [2.05, 4.69) is 4.98 Å². The molecule has 2 rings (SSSR count). The third kappa shape index (κ3) is 3.32. The number of nitrogens with zero attached hydrogens (tertiary/aromatic N) is 1. The number of carbonyl (C=O) groups is 2. The summed E-state index contributed by atoms with van der Waals surface area (Å²) in [5, 5.41) is 17.5. The van der Waals surface area contributed by atoms with E-state index in [1.54, 1.807) is 12.1 Å². The molecule has 0 amide bonds. The molecule has 6 nitrogen and oxygen atoms in total. The summed E-state index contributed by atoms with van der Waals surface area (Å²) in [6, 6.07) is 9.16. The summed E-state index contributed by atoms with van der Waals surface area (Å²) in [5.41, 5.74) is 0.960. The van der Waals surface area contributed by atoms with E-state index < -0.39 is 11.9 Å². The fourth-order valence-corrected chi connectivity index (χ4v) is 1.50. The van der Waals surface area contributed by atoms with Gasteiger partial charge in [0.15, 0.2) is 0 Å². The van der Waals surface area contributed by atoms with E-state index in [0.717, 1.165) is 5.56 Å². The first-order chi connectivity index (χ1) is 9.56. The Balaban J connectivity index is 1.97. The first kappa shape index (κ1) is 13.5. The van der Waals surface area contributed by atoms with Crippen LogP contribution in [0.5, 0.6) is 5.75 Å². The van der Waals surface area contributed by atoms with E-state index in [4.69, 9.17) is 14.9 Å². The van der Waals surface area contributed by atoms with Crippen molar-refractivity contribution in [1.82, 2.24) is 4.98 Å². The van der Waals surface area contributed by atoms with E-state index in [-0.39, 0.29) is 17.9 Å². The zero-order valence-corrected chi connectivity index (χ0v) is 10.3. The molecule has 0 saturated carbocycles. The Morgan fingerprint density at radius 3 is 2.20 bits per heavy atom. The molecule has 0 aliphatic rings. The zero-order chi connectivity index (χ0) is 14.5. The molecule has 6 heteroatoms. The average Bonchev–Trinajstić information content (AvgIpc) is 2.46. The molecule has 0 unspecified atom stereocenters. The SMILES string of the molecule is O=C(O)c1ccc(COc2ccc(C(=O)O)nc2)cc1. The number of aromatic carboxylic acids is 2. The predicted octanol–water partition coefficient (Wildman–Crippen LogP) is 2.06. The maximum atomic E-state index is 10.7. The Morgan fingerprint density at radius 1 is 1.00 bits per heavy atom. The normalized spacial score (nSPS) is 10.0. The highest BCUT2D eigenvalue weighted by Gasteiger charge is 2.05. The fraction of sp³-hybridized carbons (Fsp3) is 0.0714.